The molecule has 0 saturated carbocycles. The van der Waals surface area contributed by atoms with E-state index < -0.39 is 0 Å². The van der Waals surface area contributed by atoms with E-state index in [9.17, 15) is 0 Å². The van der Waals surface area contributed by atoms with Gasteiger partial charge in [-0.05, 0) is 44.5 Å². The van der Waals surface area contributed by atoms with E-state index in [0.29, 0.717) is 6.04 Å². The third-order valence-electron chi connectivity index (χ3n) is 3.22. The zero-order valence-corrected chi connectivity index (χ0v) is 10.8. The molecule has 0 spiro atoms. The van der Waals surface area contributed by atoms with Gasteiger partial charge in [-0.25, -0.2) is 0 Å². The second kappa shape index (κ2) is 5.92. The van der Waals surface area contributed by atoms with Gasteiger partial charge in [0.15, 0.2) is 0 Å². The average Bonchev–Trinajstić information content (AvgIpc) is 2.56. The lowest BCUT2D eigenvalue weighted by Crippen LogP contribution is -2.28. The molecule has 0 amide bonds. The molecule has 1 atom stereocenters. The largest absolute Gasteiger partial charge is 0.494 e. The highest BCUT2D eigenvalue weighted by molar-refractivity contribution is 5.49. The number of rotatable bonds is 3. The molecule has 3 heteroatoms. The number of nitrogens with zero attached hydrogens (tertiary/aromatic N) is 1. The molecule has 2 rings (SSSR count). The quantitative estimate of drug-likeness (QED) is 0.868. The summed E-state index contributed by atoms with van der Waals surface area (Å²) in [7, 11) is 0. The van der Waals surface area contributed by atoms with Gasteiger partial charge in [0.25, 0.3) is 0 Å². The Kier molecular flexibility index (Phi) is 4.26. The van der Waals surface area contributed by atoms with Gasteiger partial charge in [-0.15, -0.1) is 0 Å². The van der Waals surface area contributed by atoms with Crippen LogP contribution in [0.5, 0.6) is 5.75 Å². The van der Waals surface area contributed by atoms with Crippen molar-refractivity contribution in [2.24, 2.45) is 0 Å². The molecule has 1 aromatic rings. The second-order valence-corrected chi connectivity index (χ2v) is 4.56. The van der Waals surface area contributed by atoms with Crippen LogP contribution in [0.3, 0.4) is 0 Å². The summed E-state index contributed by atoms with van der Waals surface area (Å²) in [6.45, 7) is 8.26. The van der Waals surface area contributed by atoms with Crippen LogP contribution in [0.25, 0.3) is 0 Å². The van der Waals surface area contributed by atoms with Gasteiger partial charge in [-0.3, -0.25) is 0 Å². The Morgan fingerprint density at radius 3 is 2.76 bits per heavy atom. The Morgan fingerprint density at radius 1 is 1.29 bits per heavy atom. The highest BCUT2D eigenvalue weighted by atomic mass is 16.5. The Bertz CT molecular complexity index is 337. The zero-order chi connectivity index (χ0) is 12.1. The molecule has 1 aliphatic rings. The van der Waals surface area contributed by atoms with Crippen molar-refractivity contribution >= 4 is 5.69 Å². The predicted molar refractivity (Wildman–Crippen MR) is 71.9 cm³/mol. The topological polar surface area (TPSA) is 24.5 Å². The summed E-state index contributed by atoms with van der Waals surface area (Å²) in [5.74, 6) is 0.956. The van der Waals surface area contributed by atoms with Crippen LogP contribution in [0.15, 0.2) is 24.3 Å². The fraction of sp³-hybridized carbons (Fsp3) is 0.571. The minimum absolute atomic E-state index is 0.627. The summed E-state index contributed by atoms with van der Waals surface area (Å²) in [5, 5.41) is 3.51. The number of ether oxygens (including phenoxy) is 1. The van der Waals surface area contributed by atoms with E-state index in [0.717, 1.165) is 32.0 Å². The van der Waals surface area contributed by atoms with Crippen LogP contribution in [-0.2, 0) is 0 Å². The van der Waals surface area contributed by atoms with Gasteiger partial charge in [0, 0.05) is 31.4 Å². The molecule has 1 aliphatic heterocycles. The summed E-state index contributed by atoms with van der Waals surface area (Å²) < 4.78 is 5.46. The molecule has 0 aromatic heterocycles. The fourth-order valence-corrected chi connectivity index (χ4v) is 2.19. The van der Waals surface area contributed by atoms with Crippen molar-refractivity contribution in [2.75, 3.05) is 31.1 Å². The standard InChI is InChI=1S/C14H22N2O/c1-3-17-14-6-4-13(5-7-14)16-10-8-12(2)15-9-11-16/h4-7,12,15H,3,8-11H2,1-2H3. The van der Waals surface area contributed by atoms with Gasteiger partial charge in [0.1, 0.15) is 5.75 Å². The lowest BCUT2D eigenvalue weighted by Gasteiger charge is -2.22. The second-order valence-electron chi connectivity index (χ2n) is 4.56. The van der Waals surface area contributed by atoms with E-state index in [1.54, 1.807) is 0 Å². The Hall–Kier alpha value is -1.22. The van der Waals surface area contributed by atoms with Crippen molar-refractivity contribution in [3.05, 3.63) is 24.3 Å². The first-order valence-corrected chi connectivity index (χ1v) is 6.51. The average molecular weight is 234 g/mol. The van der Waals surface area contributed by atoms with Crippen LogP contribution < -0.4 is 15.0 Å². The van der Waals surface area contributed by atoms with E-state index in [4.69, 9.17) is 4.74 Å². The maximum atomic E-state index is 5.46. The van der Waals surface area contributed by atoms with Crippen LogP contribution >= 0.6 is 0 Å². The van der Waals surface area contributed by atoms with Crippen molar-refractivity contribution in [3.8, 4) is 5.75 Å². The van der Waals surface area contributed by atoms with E-state index >= 15 is 0 Å². The Balaban J connectivity index is 2.00. The lowest BCUT2D eigenvalue weighted by molar-refractivity contribution is 0.340. The summed E-state index contributed by atoms with van der Waals surface area (Å²) in [4.78, 5) is 2.44. The molecular weight excluding hydrogens is 212 g/mol. The first kappa shape index (κ1) is 12.2. The Labute approximate surface area is 104 Å². The smallest absolute Gasteiger partial charge is 0.119 e. The van der Waals surface area contributed by atoms with E-state index in [1.165, 1.54) is 12.1 Å². The van der Waals surface area contributed by atoms with Gasteiger partial charge in [0.2, 0.25) is 0 Å². The molecule has 1 fully saturated rings. The first-order chi connectivity index (χ1) is 8.29. The first-order valence-electron chi connectivity index (χ1n) is 6.51. The van der Waals surface area contributed by atoms with Crippen molar-refractivity contribution in [1.29, 1.82) is 0 Å². The van der Waals surface area contributed by atoms with Crippen LogP contribution in [0.1, 0.15) is 20.3 Å². The minimum Gasteiger partial charge on any atom is -0.494 e. The highest BCUT2D eigenvalue weighted by Gasteiger charge is 2.13. The van der Waals surface area contributed by atoms with Gasteiger partial charge >= 0.3 is 0 Å². The lowest BCUT2D eigenvalue weighted by atomic mass is 10.2. The summed E-state index contributed by atoms with van der Waals surface area (Å²) >= 11 is 0. The molecule has 0 aliphatic carbocycles. The fourth-order valence-electron chi connectivity index (χ4n) is 2.19. The number of benzene rings is 1. The molecule has 94 valence electrons. The number of anilines is 1. The normalized spacial score (nSPS) is 21.1. The molecule has 1 aromatic carbocycles. The van der Waals surface area contributed by atoms with Crippen molar-refractivity contribution in [3.63, 3.8) is 0 Å². The van der Waals surface area contributed by atoms with Gasteiger partial charge in [0.05, 0.1) is 6.61 Å². The van der Waals surface area contributed by atoms with Crippen molar-refractivity contribution in [1.82, 2.24) is 5.32 Å². The molecule has 1 N–H and O–H groups in total. The van der Waals surface area contributed by atoms with E-state index in [-0.39, 0.29) is 0 Å². The van der Waals surface area contributed by atoms with Crippen molar-refractivity contribution < 1.29 is 4.74 Å². The van der Waals surface area contributed by atoms with Gasteiger partial charge in [-0.1, -0.05) is 0 Å². The summed E-state index contributed by atoms with van der Waals surface area (Å²) in [5.41, 5.74) is 1.30. The predicted octanol–water partition coefficient (Wildman–Crippen LogP) is 2.27. The van der Waals surface area contributed by atoms with Crippen LogP contribution in [0.4, 0.5) is 5.69 Å². The van der Waals surface area contributed by atoms with Gasteiger partial charge in [-0.2, -0.15) is 0 Å². The van der Waals surface area contributed by atoms with E-state index in [1.807, 2.05) is 6.92 Å². The monoisotopic (exact) mass is 234 g/mol. The maximum Gasteiger partial charge on any atom is 0.119 e. The van der Waals surface area contributed by atoms with Crippen molar-refractivity contribution in [2.45, 2.75) is 26.3 Å². The van der Waals surface area contributed by atoms with Crippen LogP contribution in [0, 0.1) is 0 Å². The number of hydrogen-bond donors (Lipinski definition) is 1. The molecule has 3 nitrogen and oxygen atoms in total. The SMILES string of the molecule is CCOc1ccc(N2CCNC(C)CC2)cc1. The Morgan fingerprint density at radius 2 is 2.06 bits per heavy atom. The van der Waals surface area contributed by atoms with Gasteiger partial charge < -0.3 is 15.0 Å². The maximum absolute atomic E-state index is 5.46. The molecule has 0 radical (unpaired) electrons. The third-order valence-corrected chi connectivity index (χ3v) is 3.22. The van der Waals surface area contributed by atoms with E-state index in [2.05, 4.69) is 41.4 Å². The highest BCUT2D eigenvalue weighted by Crippen LogP contribution is 2.20. The number of hydrogen-bond acceptors (Lipinski definition) is 3. The molecular formula is C14H22N2O. The molecule has 1 heterocycles. The number of nitrogens with one attached hydrogen (secondary N) is 1. The molecule has 0 bridgehead atoms. The molecule has 17 heavy (non-hydrogen) atoms. The van der Waals surface area contributed by atoms with Crippen LogP contribution in [0.2, 0.25) is 0 Å². The molecule has 1 saturated heterocycles. The minimum atomic E-state index is 0.627. The zero-order valence-electron chi connectivity index (χ0n) is 10.8. The summed E-state index contributed by atoms with van der Waals surface area (Å²) in [6, 6.07) is 9.05. The van der Waals surface area contributed by atoms with Crippen LogP contribution in [-0.4, -0.2) is 32.3 Å². The third kappa shape index (κ3) is 3.37. The summed E-state index contributed by atoms with van der Waals surface area (Å²) in [6.07, 6.45) is 1.20. The molecule has 1 unspecified atom stereocenters.